The molecule has 0 saturated carbocycles. The molecule has 0 aromatic heterocycles. The fourth-order valence-corrected chi connectivity index (χ4v) is 5.34. The summed E-state index contributed by atoms with van der Waals surface area (Å²) in [7, 11) is 0. The number of hydrogen-bond donors (Lipinski definition) is 4. The smallest absolute Gasteiger partial charge is 0.254 e. The van der Waals surface area contributed by atoms with Gasteiger partial charge in [-0.3, -0.25) is 24.0 Å². The van der Waals surface area contributed by atoms with Crippen LogP contribution >= 0.6 is 0 Å². The van der Waals surface area contributed by atoms with E-state index in [2.05, 4.69) is 16.0 Å². The van der Waals surface area contributed by atoms with E-state index in [9.17, 15) is 29.1 Å². The number of carbonyl (C=O) groups is 5. The molecule has 0 aliphatic carbocycles. The third-order valence-electron chi connectivity index (χ3n) is 7.90. The largest absolute Gasteiger partial charge is 0.391 e. The molecule has 0 radical (unpaired) electrons. The molecule has 4 rings (SSSR count). The van der Waals surface area contributed by atoms with Crippen LogP contribution in [0.3, 0.4) is 0 Å². The van der Waals surface area contributed by atoms with Crippen LogP contribution in [0.4, 0.5) is 0 Å². The van der Waals surface area contributed by atoms with Gasteiger partial charge in [0.25, 0.3) is 5.91 Å². The highest BCUT2D eigenvalue weighted by atomic mass is 16.3. The van der Waals surface area contributed by atoms with Crippen LogP contribution in [0.25, 0.3) is 0 Å². The van der Waals surface area contributed by atoms with E-state index in [-0.39, 0.29) is 44.9 Å². The van der Waals surface area contributed by atoms with Crippen molar-refractivity contribution in [3.8, 4) is 0 Å². The Morgan fingerprint density at radius 3 is 2.31 bits per heavy atom. The topological polar surface area (TPSA) is 148 Å². The van der Waals surface area contributed by atoms with Crippen molar-refractivity contribution in [2.45, 2.75) is 57.3 Å². The first-order valence-electron chi connectivity index (χ1n) is 14.4. The van der Waals surface area contributed by atoms with E-state index in [0.717, 1.165) is 5.56 Å². The SMILES string of the molecule is CC[C@H](C)[C@@H]1NC(=O)CN(C(=O)c2ccccc2)CCNC(=O)[C@H](Cc2ccccc2)NC(=O)[C@@H]2C[C@@H](O)CN2C1=O. The second-order valence-electron chi connectivity index (χ2n) is 11.0. The Hall–Kier alpha value is -4.25. The summed E-state index contributed by atoms with van der Waals surface area (Å²) in [5.74, 6) is -2.73. The highest BCUT2D eigenvalue weighted by molar-refractivity contribution is 5.98. The van der Waals surface area contributed by atoms with Gasteiger partial charge in [0.1, 0.15) is 18.1 Å². The average Bonchev–Trinajstić information content (AvgIpc) is 3.40. The molecule has 11 heteroatoms. The Kier molecular flexibility index (Phi) is 10.3. The van der Waals surface area contributed by atoms with Crippen molar-refractivity contribution in [1.29, 1.82) is 0 Å². The number of amides is 5. The van der Waals surface area contributed by atoms with Crippen LogP contribution in [-0.4, -0.2) is 94.9 Å². The summed E-state index contributed by atoms with van der Waals surface area (Å²) in [5, 5.41) is 18.9. The van der Waals surface area contributed by atoms with Gasteiger partial charge in [0.15, 0.2) is 0 Å². The van der Waals surface area contributed by atoms with Gasteiger partial charge in [0.2, 0.25) is 23.6 Å². The lowest BCUT2D eigenvalue weighted by Crippen LogP contribution is -2.58. The van der Waals surface area contributed by atoms with Crippen LogP contribution in [0.2, 0.25) is 0 Å². The van der Waals surface area contributed by atoms with Crippen molar-refractivity contribution in [2.75, 3.05) is 26.2 Å². The van der Waals surface area contributed by atoms with E-state index < -0.39 is 53.8 Å². The molecule has 2 aromatic carbocycles. The van der Waals surface area contributed by atoms with E-state index >= 15 is 0 Å². The van der Waals surface area contributed by atoms with E-state index in [4.69, 9.17) is 0 Å². The van der Waals surface area contributed by atoms with E-state index in [1.165, 1.54) is 9.80 Å². The number of fused-ring (bicyclic) bond motifs is 1. The molecule has 4 N–H and O–H groups in total. The molecule has 5 atom stereocenters. The summed E-state index contributed by atoms with van der Waals surface area (Å²) >= 11 is 0. The minimum Gasteiger partial charge on any atom is -0.391 e. The maximum atomic E-state index is 13.8. The molecule has 11 nitrogen and oxygen atoms in total. The molecular formula is C31H39N5O6. The Labute approximate surface area is 245 Å². The summed E-state index contributed by atoms with van der Waals surface area (Å²) in [6.07, 6.45) is -0.160. The number of aliphatic hydroxyl groups is 1. The molecule has 224 valence electrons. The third kappa shape index (κ3) is 7.52. The molecule has 2 heterocycles. The molecule has 2 saturated heterocycles. The predicted molar refractivity (Wildman–Crippen MR) is 155 cm³/mol. The highest BCUT2D eigenvalue weighted by Gasteiger charge is 2.43. The van der Waals surface area contributed by atoms with Crippen molar-refractivity contribution in [3.05, 3.63) is 71.8 Å². The fourth-order valence-electron chi connectivity index (χ4n) is 5.34. The summed E-state index contributed by atoms with van der Waals surface area (Å²) < 4.78 is 0. The van der Waals surface area contributed by atoms with Crippen LogP contribution < -0.4 is 16.0 Å². The maximum Gasteiger partial charge on any atom is 0.254 e. The van der Waals surface area contributed by atoms with Crippen molar-refractivity contribution >= 4 is 29.5 Å². The molecule has 2 aliphatic rings. The van der Waals surface area contributed by atoms with Gasteiger partial charge in [0, 0.05) is 38.0 Å². The van der Waals surface area contributed by atoms with Crippen LogP contribution in [0.5, 0.6) is 0 Å². The summed E-state index contributed by atoms with van der Waals surface area (Å²) in [5.41, 5.74) is 1.20. The van der Waals surface area contributed by atoms with Gasteiger partial charge in [-0.25, -0.2) is 0 Å². The molecule has 0 spiro atoms. The molecular weight excluding hydrogens is 538 g/mol. The van der Waals surface area contributed by atoms with E-state index in [1.54, 1.807) is 30.3 Å². The number of carbonyl (C=O) groups excluding carboxylic acids is 5. The van der Waals surface area contributed by atoms with E-state index in [0.29, 0.717) is 12.0 Å². The van der Waals surface area contributed by atoms with Crippen molar-refractivity contribution in [1.82, 2.24) is 25.8 Å². The predicted octanol–water partition coefficient (Wildman–Crippen LogP) is 0.479. The zero-order valence-corrected chi connectivity index (χ0v) is 24.0. The zero-order valence-electron chi connectivity index (χ0n) is 24.0. The van der Waals surface area contributed by atoms with Gasteiger partial charge < -0.3 is 30.9 Å². The number of rotatable bonds is 5. The highest BCUT2D eigenvalue weighted by Crippen LogP contribution is 2.22. The first-order valence-corrected chi connectivity index (χ1v) is 14.4. The number of benzene rings is 2. The molecule has 2 fully saturated rings. The van der Waals surface area contributed by atoms with Gasteiger partial charge in [-0.05, 0) is 23.6 Å². The molecule has 0 bridgehead atoms. The van der Waals surface area contributed by atoms with Crippen LogP contribution in [0.1, 0.15) is 42.6 Å². The zero-order chi connectivity index (χ0) is 30.2. The summed E-state index contributed by atoms with van der Waals surface area (Å²) in [4.78, 5) is 70.0. The standard InChI is InChI=1S/C31H39N5O6/c1-3-20(2)27-31(42)36-18-23(37)17-25(36)29(40)33-24(16-21-10-6-4-7-11-21)28(39)32-14-15-35(19-26(38)34-27)30(41)22-12-8-5-9-13-22/h4-13,20,23-25,27,37H,3,14-19H2,1-2H3,(H,32,39)(H,33,40)(H,34,38)/t20-,23+,24-,25-,27-/m0/s1. The van der Waals surface area contributed by atoms with Crippen molar-refractivity contribution in [2.24, 2.45) is 5.92 Å². The first-order chi connectivity index (χ1) is 20.2. The first kappa shape index (κ1) is 30.7. The Bertz CT molecular complexity index is 1270. The van der Waals surface area contributed by atoms with Crippen LogP contribution in [0.15, 0.2) is 60.7 Å². The normalized spacial score (nSPS) is 24.9. The maximum absolute atomic E-state index is 13.8. The monoisotopic (exact) mass is 577 g/mol. The second kappa shape index (κ2) is 14.1. The quantitative estimate of drug-likeness (QED) is 0.406. The van der Waals surface area contributed by atoms with Gasteiger partial charge >= 0.3 is 0 Å². The van der Waals surface area contributed by atoms with Gasteiger partial charge in [-0.15, -0.1) is 0 Å². The number of hydrogen-bond acceptors (Lipinski definition) is 6. The number of nitrogens with one attached hydrogen (secondary N) is 3. The third-order valence-corrected chi connectivity index (χ3v) is 7.90. The van der Waals surface area contributed by atoms with Crippen LogP contribution in [0, 0.1) is 5.92 Å². The molecule has 42 heavy (non-hydrogen) atoms. The van der Waals surface area contributed by atoms with Gasteiger partial charge in [0.05, 0.1) is 12.6 Å². The van der Waals surface area contributed by atoms with Gasteiger partial charge in [-0.1, -0.05) is 68.8 Å². The van der Waals surface area contributed by atoms with Crippen molar-refractivity contribution < 1.29 is 29.1 Å². The molecule has 2 aliphatic heterocycles. The second-order valence-corrected chi connectivity index (χ2v) is 11.0. The molecule has 2 aromatic rings. The Balaban J connectivity index is 1.67. The minimum atomic E-state index is -1.01. The van der Waals surface area contributed by atoms with Crippen molar-refractivity contribution in [3.63, 3.8) is 0 Å². The molecule has 5 amide bonds. The fraction of sp³-hybridized carbons (Fsp3) is 0.452. The lowest BCUT2D eigenvalue weighted by molar-refractivity contribution is -0.143. The number of aliphatic hydroxyl groups excluding tert-OH is 1. The lowest BCUT2D eigenvalue weighted by atomic mass is 9.97. The average molecular weight is 578 g/mol. The minimum absolute atomic E-state index is 0.0117. The Morgan fingerprint density at radius 1 is 0.976 bits per heavy atom. The Morgan fingerprint density at radius 2 is 1.64 bits per heavy atom. The molecule has 0 unspecified atom stereocenters. The van der Waals surface area contributed by atoms with E-state index in [1.807, 2.05) is 44.2 Å². The lowest BCUT2D eigenvalue weighted by Gasteiger charge is -2.32. The number of nitrogens with zero attached hydrogens (tertiary/aromatic N) is 2. The summed E-state index contributed by atoms with van der Waals surface area (Å²) in [6.45, 7) is 3.37. The van der Waals surface area contributed by atoms with Crippen LogP contribution in [-0.2, 0) is 25.6 Å². The van der Waals surface area contributed by atoms with Gasteiger partial charge in [-0.2, -0.15) is 0 Å². The summed E-state index contributed by atoms with van der Waals surface area (Å²) in [6, 6.07) is 14.8.